The number of carboxylic acid groups (broad SMARTS) is 1. The van der Waals surface area contributed by atoms with Gasteiger partial charge in [0.1, 0.15) is 0 Å². The quantitative estimate of drug-likeness (QED) is 0.250. The number of carboxylic acids is 1. The molecule has 1 atom stereocenters. The van der Waals surface area contributed by atoms with Gasteiger partial charge in [0.2, 0.25) is 0 Å². The maximum Gasteiger partial charge on any atom is 0.306 e. The number of rotatable bonds is 7. The zero-order valence-corrected chi connectivity index (χ0v) is 19.8. The Balaban J connectivity index is 1.63. The summed E-state index contributed by atoms with van der Waals surface area (Å²) in [6, 6.07) is 20.8. The maximum absolute atomic E-state index is 11.3. The molecule has 2 aromatic carbocycles. The van der Waals surface area contributed by atoms with Crippen molar-refractivity contribution < 1.29 is 15.1 Å². The van der Waals surface area contributed by atoms with Crippen molar-refractivity contribution in [3.63, 3.8) is 0 Å². The lowest BCUT2D eigenvalue weighted by Gasteiger charge is -2.27. The molecular weight excluding hydrogens is 424 g/mol. The summed E-state index contributed by atoms with van der Waals surface area (Å²) in [5, 5.41) is 23.2. The molecule has 0 bridgehead atoms. The summed E-state index contributed by atoms with van der Waals surface area (Å²) in [6.07, 6.45) is 5.60. The fourth-order valence-electron chi connectivity index (χ4n) is 5.21. The van der Waals surface area contributed by atoms with E-state index < -0.39 is 5.97 Å². The number of oxime groups is 1. The number of aromatic nitrogens is 1. The third kappa shape index (κ3) is 5.36. The number of carbonyl (C=O) groups is 1. The molecule has 4 rings (SSSR count). The number of hydrogen-bond donors (Lipinski definition) is 2. The predicted molar refractivity (Wildman–Crippen MR) is 134 cm³/mol. The number of hydrogen-bond acceptors (Lipinski definition) is 4. The SMILES string of the molecule is Cc1cc(C/C(=N\O)[C@H](c2ccc(C3CCC(C(=O)O)CC3)cc2)c2ccccc2C)ccn1. The van der Waals surface area contributed by atoms with Gasteiger partial charge >= 0.3 is 5.97 Å². The van der Waals surface area contributed by atoms with Gasteiger partial charge in [-0.25, -0.2) is 0 Å². The van der Waals surface area contributed by atoms with Crippen LogP contribution in [0, 0.1) is 19.8 Å². The van der Waals surface area contributed by atoms with Crippen molar-refractivity contribution in [1.82, 2.24) is 4.98 Å². The van der Waals surface area contributed by atoms with Gasteiger partial charge in [-0.15, -0.1) is 0 Å². The standard InChI is InChI=1S/C29H32N2O3/c1-19-5-3-4-6-26(19)28(27(31-34)18-21-15-16-30-20(2)17-21)24-11-7-22(8-12-24)23-9-13-25(14-10-23)29(32)33/h3-8,11-12,15-17,23,25,28,34H,9-10,13-14,18H2,1-2H3,(H,32,33)/b31-27+/t23?,25?,28-/m1/s1. The van der Waals surface area contributed by atoms with E-state index in [0.29, 0.717) is 18.1 Å². The predicted octanol–water partition coefficient (Wildman–Crippen LogP) is 6.26. The van der Waals surface area contributed by atoms with Gasteiger partial charge in [0.05, 0.1) is 17.5 Å². The van der Waals surface area contributed by atoms with Gasteiger partial charge in [-0.3, -0.25) is 9.78 Å². The third-order valence-electron chi connectivity index (χ3n) is 7.13. The molecular formula is C29H32N2O3. The Bertz CT molecular complexity index is 1160. The Labute approximate surface area is 201 Å². The van der Waals surface area contributed by atoms with Crippen LogP contribution in [0.3, 0.4) is 0 Å². The summed E-state index contributed by atoms with van der Waals surface area (Å²) in [7, 11) is 0. The van der Waals surface area contributed by atoms with E-state index in [-0.39, 0.29) is 11.8 Å². The van der Waals surface area contributed by atoms with Crippen molar-refractivity contribution >= 4 is 11.7 Å². The molecule has 5 nitrogen and oxygen atoms in total. The molecule has 3 aromatic rings. The molecule has 0 saturated heterocycles. The topological polar surface area (TPSA) is 82.8 Å². The van der Waals surface area contributed by atoms with Crippen molar-refractivity contribution in [1.29, 1.82) is 0 Å². The van der Waals surface area contributed by atoms with Crippen molar-refractivity contribution in [2.75, 3.05) is 0 Å². The van der Waals surface area contributed by atoms with Gasteiger partial charge in [0.15, 0.2) is 0 Å². The van der Waals surface area contributed by atoms with E-state index >= 15 is 0 Å². The second-order valence-corrected chi connectivity index (χ2v) is 9.42. The van der Waals surface area contributed by atoms with Crippen LogP contribution in [-0.2, 0) is 11.2 Å². The molecule has 1 aliphatic carbocycles. The molecule has 2 N–H and O–H groups in total. The fourth-order valence-corrected chi connectivity index (χ4v) is 5.21. The molecule has 0 spiro atoms. The van der Waals surface area contributed by atoms with Gasteiger partial charge in [-0.1, -0.05) is 53.7 Å². The van der Waals surface area contributed by atoms with Gasteiger partial charge in [-0.05, 0) is 85.4 Å². The zero-order chi connectivity index (χ0) is 24.1. The van der Waals surface area contributed by atoms with Crippen molar-refractivity contribution in [2.45, 2.75) is 57.8 Å². The normalized spacial score (nSPS) is 19.5. The first kappa shape index (κ1) is 23.7. The molecule has 176 valence electrons. The van der Waals surface area contributed by atoms with Crippen LogP contribution in [0.15, 0.2) is 72.0 Å². The molecule has 5 heteroatoms. The summed E-state index contributed by atoms with van der Waals surface area (Å²) < 4.78 is 0. The minimum Gasteiger partial charge on any atom is -0.481 e. The number of benzene rings is 2. The maximum atomic E-state index is 11.3. The van der Waals surface area contributed by atoms with E-state index in [1.165, 1.54) is 5.56 Å². The number of pyridine rings is 1. The Kier molecular flexibility index (Phi) is 7.41. The number of nitrogens with zero attached hydrogens (tertiary/aromatic N) is 2. The summed E-state index contributed by atoms with van der Waals surface area (Å²) in [6.45, 7) is 4.05. The Hall–Kier alpha value is -3.47. The van der Waals surface area contributed by atoms with Crippen LogP contribution in [0.5, 0.6) is 0 Å². The lowest BCUT2D eigenvalue weighted by molar-refractivity contribution is -0.142. The summed E-state index contributed by atoms with van der Waals surface area (Å²) in [4.78, 5) is 15.6. The van der Waals surface area contributed by atoms with Crippen molar-refractivity contribution in [3.8, 4) is 0 Å². The molecule has 0 aliphatic heterocycles. The van der Waals surface area contributed by atoms with Gasteiger partial charge in [-0.2, -0.15) is 0 Å². The van der Waals surface area contributed by atoms with Crippen molar-refractivity contribution in [3.05, 3.63) is 100 Å². The van der Waals surface area contributed by atoms with Crippen LogP contribution in [-0.4, -0.2) is 27.0 Å². The average Bonchev–Trinajstić information content (AvgIpc) is 2.85. The minimum absolute atomic E-state index is 0.170. The van der Waals surface area contributed by atoms with Crippen LogP contribution in [0.2, 0.25) is 0 Å². The fraction of sp³-hybridized carbons (Fsp3) is 0.345. The molecule has 0 amide bonds. The highest BCUT2D eigenvalue weighted by Gasteiger charge is 2.28. The summed E-state index contributed by atoms with van der Waals surface area (Å²) >= 11 is 0. The molecule has 1 saturated carbocycles. The van der Waals surface area contributed by atoms with E-state index in [4.69, 9.17) is 0 Å². The van der Waals surface area contributed by atoms with E-state index in [9.17, 15) is 15.1 Å². The first-order chi connectivity index (χ1) is 16.5. The molecule has 1 aliphatic rings. The van der Waals surface area contributed by atoms with E-state index in [1.807, 2.05) is 31.2 Å². The van der Waals surface area contributed by atoms with Crippen LogP contribution in [0.1, 0.15) is 71.0 Å². The average molecular weight is 457 g/mol. The summed E-state index contributed by atoms with van der Waals surface area (Å²) in [5.41, 5.74) is 7.29. The van der Waals surface area contributed by atoms with E-state index in [2.05, 4.69) is 53.5 Å². The first-order valence-electron chi connectivity index (χ1n) is 12.0. The largest absolute Gasteiger partial charge is 0.481 e. The molecule has 1 fully saturated rings. The van der Waals surface area contributed by atoms with Gasteiger partial charge in [0, 0.05) is 18.3 Å². The van der Waals surface area contributed by atoms with Gasteiger partial charge in [0.25, 0.3) is 0 Å². The number of aliphatic carboxylic acids is 1. The lowest BCUT2D eigenvalue weighted by atomic mass is 9.77. The Morgan fingerprint density at radius 2 is 1.74 bits per heavy atom. The molecule has 1 aromatic heterocycles. The molecule has 0 radical (unpaired) electrons. The van der Waals surface area contributed by atoms with Crippen LogP contribution in [0.25, 0.3) is 0 Å². The molecule has 1 heterocycles. The second kappa shape index (κ2) is 10.6. The van der Waals surface area contributed by atoms with Crippen molar-refractivity contribution in [2.24, 2.45) is 11.1 Å². The Morgan fingerprint density at radius 1 is 1.03 bits per heavy atom. The highest BCUT2D eigenvalue weighted by molar-refractivity contribution is 5.95. The number of aryl methyl sites for hydroxylation is 2. The first-order valence-corrected chi connectivity index (χ1v) is 12.0. The highest BCUT2D eigenvalue weighted by atomic mass is 16.4. The summed E-state index contributed by atoms with van der Waals surface area (Å²) in [5.74, 6) is -0.653. The van der Waals surface area contributed by atoms with Crippen LogP contribution >= 0.6 is 0 Å². The zero-order valence-electron chi connectivity index (χ0n) is 19.8. The smallest absolute Gasteiger partial charge is 0.306 e. The molecule has 0 unspecified atom stereocenters. The third-order valence-corrected chi connectivity index (χ3v) is 7.13. The van der Waals surface area contributed by atoms with Crippen LogP contribution in [0.4, 0.5) is 0 Å². The lowest BCUT2D eigenvalue weighted by Crippen LogP contribution is -2.21. The molecule has 34 heavy (non-hydrogen) atoms. The minimum atomic E-state index is -0.671. The van der Waals surface area contributed by atoms with Crippen LogP contribution < -0.4 is 0 Å². The Morgan fingerprint density at radius 3 is 2.35 bits per heavy atom. The van der Waals surface area contributed by atoms with E-state index in [0.717, 1.165) is 53.6 Å². The highest BCUT2D eigenvalue weighted by Crippen LogP contribution is 2.37. The monoisotopic (exact) mass is 456 g/mol. The van der Waals surface area contributed by atoms with Gasteiger partial charge < -0.3 is 10.3 Å². The second-order valence-electron chi connectivity index (χ2n) is 9.42. The van der Waals surface area contributed by atoms with E-state index in [1.54, 1.807) is 6.20 Å².